The molecule has 15 heavy (non-hydrogen) atoms. The van der Waals surface area contributed by atoms with Gasteiger partial charge in [0.05, 0.1) is 0 Å². The number of hydrogen-bond acceptors (Lipinski definition) is 0. The van der Waals surface area contributed by atoms with Gasteiger partial charge in [0.1, 0.15) is 0 Å². The number of rotatable bonds is 4. The second-order valence-corrected chi connectivity index (χ2v) is 4.98. The molecule has 0 heterocycles. The van der Waals surface area contributed by atoms with Crippen molar-refractivity contribution >= 4 is 0 Å². The van der Waals surface area contributed by atoms with E-state index in [1.54, 1.807) is 0 Å². The van der Waals surface area contributed by atoms with Crippen LogP contribution in [0.5, 0.6) is 0 Å². The second kappa shape index (κ2) is 19.6. The van der Waals surface area contributed by atoms with Gasteiger partial charge in [-0.05, 0) is 11.8 Å². The van der Waals surface area contributed by atoms with Crippen molar-refractivity contribution in [1.82, 2.24) is 0 Å². The molecule has 0 radical (unpaired) electrons. The van der Waals surface area contributed by atoms with Crippen LogP contribution in [-0.2, 0) is 0 Å². The van der Waals surface area contributed by atoms with Crippen LogP contribution in [0, 0.1) is 11.8 Å². The van der Waals surface area contributed by atoms with Gasteiger partial charge >= 0.3 is 0 Å². The first kappa shape index (κ1) is 20.4. The summed E-state index contributed by atoms with van der Waals surface area (Å²) in [4.78, 5) is 0. The first-order valence-corrected chi connectivity index (χ1v) is 6.95. The Labute approximate surface area is 99.9 Å². The van der Waals surface area contributed by atoms with Crippen LogP contribution in [0.15, 0.2) is 0 Å². The fraction of sp³-hybridized carbons (Fsp3) is 1.00. The van der Waals surface area contributed by atoms with Crippen LogP contribution in [0.1, 0.15) is 87.5 Å². The van der Waals surface area contributed by atoms with Crippen molar-refractivity contribution < 1.29 is 0 Å². The van der Waals surface area contributed by atoms with Gasteiger partial charge in [0.25, 0.3) is 0 Å². The van der Waals surface area contributed by atoms with Gasteiger partial charge < -0.3 is 0 Å². The van der Waals surface area contributed by atoms with Crippen LogP contribution in [0.2, 0.25) is 0 Å². The van der Waals surface area contributed by atoms with Crippen molar-refractivity contribution in [3.05, 3.63) is 0 Å². The molecule has 0 aromatic rings. The van der Waals surface area contributed by atoms with Gasteiger partial charge in [-0.2, -0.15) is 0 Å². The van der Waals surface area contributed by atoms with Crippen molar-refractivity contribution in [3.8, 4) is 0 Å². The van der Waals surface area contributed by atoms with Gasteiger partial charge in [-0.3, -0.25) is 0 Å². The van der Waals surface area contributed by atoms with Gasteiger partial charge in [-0.25, -0.2) is 0 Å². The Balaban J connectivity index is -0.000000147. The summed E-state index contributed by atoms with van der Waals surface area (Å²) in [5.74, 6) is 1.78. The van der Waals surface area contributed by atoms with E-state index < -0.39 is 0 Å². The van der Waals surface area contributed by atoms with Gasteiger partial charge in [0, 0.05) is 0 Å². The fourth-order valence-electron chi connectivity index (χ4n) is 0.577. The minimum atomic E-state index is 0.884. The smallest absolute Gasteiger partial charge is 0.0471 e. The number of hydrogen-bond donors (Lipinski definition) is 0. The summed E-state index contributed by atoms with van der Waals surface area (Å²) >= 11 is 0. The average molecular weight is 216 g/mol. The Morgan fingerprint density at radius 2 is 0.933 bits per heavy atom. The Morgan fingerprint density at radius 1 is 0.600 bits per heavy atom. The van der Waals surface area contributed by atoms with E-state index in [9.17, 15) is 0 Å². The van der Waals surface area contributed by atoms with Crippen LogP contribution < -0.4 is 0 Å². The molecular formula is C15H36. The maximum atomic E-state index is 2.25. The number of unbranched alkanes of at least 4 members (excludes halogenated alkanes) is 1. The van der Waals surface area contributed by atoms with E-state index in [-0.39, 0.29) is 0 Å². The first-order chi connectivity index (χ1) is 6.95. The van der Waals surface area contributed by atoms with Crippen LogP contribution >= 0.6 is 0 Å². The third-order valence-corrected chi connectivity index (χ3v) is 2.18. The predicted octanol–water partition coefficient (Wildman–Crippen LogP) is 6.30. The van der Waals surface area contributed by atoms with Crippen molar-refractivity contribution in [2.75, 3.05) is 0 Å². The minimum Gasteiger partial charge on any atom is -0.0654 e. The molecule has 0 fully saturated rings. The second-order valence-electron chi connectivity index (χ2n) is 4.98. The average Bonchev–Trinajstić information content (AvgIpc) is 2.19. The Bertz CT molecular complexity index is 70.1. The molecule has 0 aliphatic carbocycles. The Morgan fingerprint density at radius 3 is 0.933 bits per heavy atom. The van der Waals surface area contributed by atoms with Gasteiger partial charge in [-0.15, -0.1) is 0 Å². The fourth-order valence-corrected chi connectivity index (χ4v) is 0.577. The highest BCUT2D eigenvalue weighted by atomic mass is 13.9. The summed E-state index contributed by atoms with van der Waals surface area (Å²) in [6.45, 7) is 17.7. The molecule has 96 valence electrons. The molecule has 0 unspecified atom stereocenters. The molecule has 0 amide bonds. The molecular weight excluding hydrogens is 180 g/mol. The molecule has 0 saturated carbocycles. The normalized spacial score (nSPS) is 9.20. The van der Waals surface area contributed by atoms with E-state index in [1.807, 2.05) is 0 Å². The topological polar surface area (TPSA) is 0 Å². The van der Waals surface area contributed by atoms with E-state index in [1.165, 1.54) is 32.1 Å². The highest BCUT2D eigenvalue weighted by molar-refractivity contribution is 4.38. The summed E-state index contributed by atoms with van der Waals surface area (Å²) in [5.41, 5.74) is 0. The minimum absolute atomic E-state index is 0.884. The molecule has 0 rings (SSSR count). The zero-order valence-corrected chi connectivity index (χ0v) is 12.7. The van der Waals surface area contributed by atoms with Crippen LogP contribution in [0.3, 0.4) is 0 Å². The van der Waals surface area contributed by atoms with Crippen molar-refractivity contribution in [1.29, 1.82) is 0 Å². The molecule has 0 nitrogen and oxygen atoms in total. The molecule has 0 heteroatoms. The molecule has 0 aromatic heterocycles. The summed E-state index contributed by atoms with van der Waals surface area (Å²) in [6, 6.07) is 0. The van der Waals surface area contributed by atoms with Crippen molar-refractivity contribution in [2.45, 2.75) is 87.5 Å². The van der Waals surface area contributed by atoms with E-state index >= 15 is 0 Å². The highest BCUT2D eigenvalue weighted by Crippen LogP contribution is 2.00. The zero-order chi connectivity index (χ0) is 12.7. The van der Waals surface area contributed by atoms with E-state index in [4.69, 9.17) is 0 Å². The molecule has 0 aromatic carbocycles. The maximum Gasteiger partial charge on any atom is -0.0471 e. The van der Waals surface area contributed by atoms with Crippen LogP contribution in [0.25, 0.3) is 0 Å². The Hall–Kier alpha value is 0. The van der Waals surface area contributed by atoms with Gasteiger partial charge in [0.2, 0.25) is 0 Å². The van der Waals surface area contributed by atoms with Crippen molar-refractivity contribution in [3.63, 3.8) is 0 Å². The Kier molecular flexibility index (Phi) is 26.6. The maximum absolute atomic E-state index is 2.25. The standard InChI is InChI=1S/C6H14.C5H12.C4H10/c1-4-5-6(2)3;1-4-5(2)3;1-3-4-2/h6H,4-5H2,1-3H3;5H,4H2,1-3H3;3-4H2,1-2H3. The lowest BCUT2D eigenvalue weighted by atomic mass is 10.1. The molecule has 0 atom stereocenters. The third kappa shape index (κ3) is 56.0. The highest BCUT2D eigenvalue weighted by Gasteiger charge is 1.85. The lowest BCUT2D eigenvalue weighted by Crippen LogP contribution is -1.81. The lowest BCUT2D eigenvalue weighted by molar-refractivity contribution is 0.576. The quantitative estimate of drug-likeness (QED) is 0.517. The SMILES string of the molecule is CCC(C)C.CCCC.CCCC(C)C. The van der Waals surface area contributed by atoms with E-state index in [0.717, 1.165) is 11.8 Å². The summed E-state index contributed by atoms with van der Waals surface area (Å²) in [6.07, 6.45) is 6.65. The summed E-state index contributed by atoms with van der Waals surface area (Å²) < 4.78 is 0. The van der Waals surface area contributed by atoms with Crippen LogP contribution in [0.4, 0.5) is 0 Å². The molecule has 0 bridgehead atoms. The van der Waals surface area contributed by atoms with E-state index in [2.05, 4.69) is 55.4 Å². The van der Waals surface area contributed by atoms with E-state index in [0.29, 0.717) is 0 Å². The lowest BCUT2D eigenvalue weighted by Gasteiger charge is -1.95. The molecule has 0 N–H and O–H groups in total. The molecule has 0 spiro atoms. The molecule has 0 aliphatic heterocycles. The molecule has 0 saturated heterocycles. The monoisotopic (exact) mass is 216 g/mol. The first-order valence-electron chi connectivity index (χ1n) is 6.95. The van der Waals surface area contributed by atoms with Crippen LogP contribution in [-0.4, -0.2) is 0 Å². The van der Waals surface area contributed by atoms with Gasteiger partial charge in [-0.1, -0.05) is 87.5 Å². The summed E-state index contributed by atoms with van der Waals surface area (Å²) in [5, 5.41) is 0. The predicted molar refractivity (Wildman–Crippen MR) is 75.5 cm³/mol. The largest absolute Gasteiger partial charge is 0.0654 e. The van der Waals surface area contributed by atoms with Crippen molar-refractivity contribution in [2.24, 2.45) is 11.8 Å². The van der Waals surface area contributed by atoms with Gasteiger partial charge in [0.15, 0.2) is 0 Å². The zero-order valence-electron chi connectivity index (χ0n) is 12.7. The summed E-state index contributed by atoms with van der Waals surface area (Å²) in [7, 11) is 0. The third-order valence-electron chi connectivity index (χ3n) is 2.18. The molecule has 0 aliphatic rings.